The van der Waals surface area contributed by atoms with Gasteiger partial charge in [0.05, 0.1) is 0 Å². The number of likely N-dealkylation sites (tertiary alicyclic amines) is 2. The van der Waals surface area contributed by atoms with Gasteiger partial charge in [-0.2, -0.15) is 4.73 Å². The molecule has 2 aliphatic rings. The predicted molar refractivity (Wildman–Crippen MR) is 116 cm³/mol. The zero-order chi connectivity index (χ0) is 22.0. The minimum absolute atomic E-state index is 0.0256. The molecule has 1 N–H and O–H groups in total. The van der Waals surface area contributed by atoms with Gasteiger partial charge in [-0.05, 0) is 55.5 Å². The highest BCUT2D eigenvalue weighted by Crippen LogP contribution is 2.32. The molecular weight excluding hydrogens is 392 g/mol. The van der Waals surface area contributed by atoms with Crippen LogP contribution in [-0.2, 0) is 0 Å². The molecule has 7 heteroatoms. The molecule has 0 spiro atoms. The number of aryl methyl sites for hydroxylation is 1. The Balaban J connectivity index is 1.23. The van der Waals surface area contributed by atoms with Gasteiger partial charge in [-0.3, -0.25) is 9.59 Å². The van der Waals surface area contributed by atoms with E-state index in [4.69, 9.17) is 0 Å². The lowest BCUT2D eigenvalue weighted by Crippen LogP contribution is -2.38. The summed E-state index contributed by atoms with van der Waals surface area (Å²) in [6, 6.07) is 11.6. The number of rotatable bonds is 6. The minimum atomic E-state index is -0.0488. The number of carbonyl (C=O) groups is 2. The maximum Gasteiger partial charge on any atom is 0.260 e. The average molecular weight is 422 g/mol. The molecular formula is C24H29N4O3. The molecule has 2 aromatic rings. The van der Waals surface area contributed by atoms with E-state index in [0.717, 1.165) is 49.4 Å². The quantitative estimate of drug-likeness (QED) is 0.436. The maximum absolute atomic E-state index is 13.1. The fraction of sp³-hybridized carbons (Fsp3) is 0.458. The van der Waals surface area contributed by atoms with E-state index in [2.05, 4.69) is 16.3 Å². The van der Waals surface area contributed by atoms with Gasteiger partial charge in [-0.1, -0.05) is 12.1 Å². The molecule has 0 bridgehead atoms. The van der Waals surface area contributed by atoms with E-state index in [1.54, 1.807) is 37.3 Å². The Kier molecular flexibility index (Phi) is 6.23. The topological polar surface area (TPSA) is 79.6 Å². The molecule has 2 fully saturated rings. The highest BCUT2D eigenvalue weighted by molar-refractivity contribution is 5.96. The number of hydrogen-bond donors (Lipinski definition) is 1. The van der Waals surface area contributed by atoms with Crippen LogP contribution in [0.25, 0.3) is 0 Å². The summed E-state index contributed by atoms with van der Waals surface area (Å²) in [6.45, 7) is 8.63. The normalized spacial score (nSPS) is 20.6. The van der Waals surface area contributed by atoms with Crippen LogP contribution in [0.3, 0.4) is 0 Å². The van der Waals surface area contributed by atoms with Crippen LogP contribution in [0.15, 0.2) is 36.5 Å². The molecule has 3 heterocycles. The van der Waals surface area contributed by atoms with Crippen molar-refractivity contribution in [2.24, 2.45) is 11.8 Å². The van der Waals surface area contributed by atoms with Crippen molar-refractivity contribution in [2.75, 3.05) is 39.3 Å². The zero-order valence-corrected chi connectivity index (χ0v) is 18.1. The van der Waals surface area contributed by atoms with Gasteiger partial charge >= 0.3 is 0 Å². The average Bonchev–Trinajstić information content (AvgIpc) is 3.33. The van der Waals surface area contributed by atoms with Gasteiger partial charge in [0.1, 0.15) is 5.56 Å². The summed E-state index contributed by atoms with van der Waals surface area (Å²) in [5, 5.41) is 14.9. The third kappa shape index (κ3) is 4.56. The number of fused-ring (bicyclic) bond motifs is 1. The fourth-order valence-electron chi connectivity index (χ4n) is 4.84. The molecule has 1 radical (unpaired) electrons. The van der Waals surface area contributed by atoms with Gasteiger partial charge < -0.3 is 20.3 Å². The molecule has 0 saturated carbocycles. The van der Waals surface area contributed by atoms with Crippen LogP contribution in [0.4, 0.5) is 0 Å². The lowest BCUT2D eigenvalue weighted by molar-refractivity contribution is -0.612. The van der Waals surface area contributed by atoms with Gasteiger partial charge in [0.2, 0.25) is 5.69 Å². The van der Waals surface area contributed by atoms with Crippen molar-refractivity contribution < 1.29 is 14.3 Å². The van der Waals surface area contributed by atoms with Crippen molar-refractivity contribution in [3.05, 3.63) is 70.2 Å². The molecule has 4 rings (SSSR count). The highest BCUT2D eigenvalue weighted by atomic mass is 16.5. The summed E-state index contributed by atoms with van der Waals surface area (Å²) < 4.78 is 0.772. The molecule has 7 nitrogen and oxygen atoms in total. The molecule has 1 aromatic heterocycles. The molecule has 163 valence electrons. The van der Waals surface area contributed by atoms with Crippen LogP contribution in [0, 0.1) is 37.0 Å². The fourth-order valence-corrected chi connectivity index (χ4v) is 4.84. The van der Waals surface area contributed by atoms with Crippen LogP contribution >= 0.6 is 0 Å². The monoisotopic (exact) mass is 421 g/mol. The van der Waals surface area contributed by atoms with Crippen molar-refractivity contribution >= 4 is 11.8 Å². The molecule has 0 aliphatic carbocycles. The Morgan fingerprint density at radius 2 is 1.81 bits per heavy atom. The summed E-state index contributed by atoms with van der Waals surface area (Å²) in [5.74, 6) is 0.875. The van der Waals surface area contributed by atoms with Crippen LogP contribution in [-0.4, -0.2) is 60.9 Å². The number of benzene rings is 1. The van der Waals surface area contributed by atoms with Crippen molar-refractivity contribution in [3.8, 4) is 0 Å². The standard InChI is InChI=1S/C24H29N4O3/c1-17-9-12-28(31)18(2)22(17)24(30)27-15-20-13-26(14-21(20)16-27)11-6-10-25-23(29)19-7-4-3-5-8-19/h4-5,7-9,12,20-21H,6,10-11,13-16H2,1-2H3,(H,25,29). The Morgan fingerprint density at radius 1 is 1.13 bits per heavy atom. The Labute approximate surface area is 183 Å². The van der Waals surface area contributed by atoms with Gasteiger partial charge in [0.15, 0.2) is 6.20 Å². The van der Waals surface area contributed by atoms with Gasteiger partial charge in [0.25, 0.3) is 11.8 Å². The molecule has 2 amide bonds. The third-order valence-electron chi connectivity index (χ3n) is 6.53. The van der Waals surface area contributed by atoms with E-state index in [-0.39, 0.29) is 11.8 Å². The summed E-state index contributed by atoms with van der Waals surface area (Å²) >= 11 is 0. The Bertz CT molecular complexity index is 949. The van der Waals surface area contributed by atoms with Crippen LogP contribution in [0.2, 0.25) is 0 Å². The number of aromatic nitrogens is 1. The number of carbonyl (C=O) groups excluding carboxylic acids is 2. The molecule has 2 aliphatic heterocycles. The lowest BCUT2D eigenvalue weighted by Gasteiger charge is -2.22. The van der Waals surface area contributed by atoms with Crippen LogP contribution in [0.5, 0.6) is 0 Å². The van der Waals surface area contributed by atoms with Crippen molar-refractivity contribution in [3.63, 3.8) is 0 Å². The van der Waals surface area contributed by atoms with E-state index in [1.165, 1.54) is 6.20 Å². The van der Waals surface area contributed by atoms with E-state index >= 15 is 0 Å². The second-order valence-electron chi connectivity index (χ2n) is 8.67. The minimum Gasteiger partial charge on any atom is -0.618 e. The number of pyridine rings is 1. The van der Waals surface area contributed by atoms with E-state index in [1.807, 2.05) is 11.8 Å². The smallest absolute Gasteiger partial charge is 0.260 e. The molecule has 2 atom stereocenters. The zero-order valence-electron chi connectivity index (χ0n) is 18.1. The first-order valence-electron chi connectivity index (χ1n) is 10.9. The first-order valence-corrected chi connectivity index (χ1v) is 10.9. The highest BCUT2D eigenvalue weighted by Gasteiger charge is 2.42. The number of amides is 2. The first-order chi connectivity index (χ1) is 14.9. The van der Waals surface area contributed by atoms with Gasteiger partial charge in [0, 0.05) is 51.3 Å². The summed E-state index contributed by atoms with van der Waals surface area (Å²) in [5.41, 5.74) is 2.52. The predicted octanol–water partition coefficient (Wildman–Crippen LogP) is 1.56. The number of hydrogen-bond acceptors (Lipinski definition) is 4. The maximum atomic E-state index is 13.1. The van der Waals surface area contributed by atoms with Crippen molar-refractivity contribution in [2.45, 2.75) is 20.3 Å². The molecule has 2 unspecified atom stereocenters. The van der Waals surface area contributed by atoms with E-state index in [0.29, 0.717) is 35.2 Å². The van der Waals surface area contributed by atoms with Crippen molar-refractivity contribution in [1.29, 1.82) is 0 Å². The first kappa shape index (κ1) is 21.3. The van der Waals surface area contributed by atoms with Gasteiger partial charge in [-0.15, -0.1) is 0 Å². The summed E-state index contributed by atoms with van der Waals surface area (Å²) in [4.78, 5) is 29.5. The van der Waals surface area contributed by atoms with Crippen LogP contribution < -0.4 is 10.0 Å². The van der Waals surface area contributed by atoms with Gasteiger partial charge in [-0.25, -0.2) is 0 Å². The second-order valence-corrected chi connectivity index (χ2v) is 8.67. The summed E-state index contributed by atoms with van der Waals surface area (Å²) in [6.07, 6.45) is 2.36. The lowest BCUT2D eigenvalue weighted by atomic mass is 10.0. The number of nitrogens with one attached hydrogen (secondary N) is 1. The largest absolute Gasteiger partial charge is 0.618 e. The second kappa shape index (κ2) is 9.06. The van der Waals surface area contributed by atoms with Crippen LogP contribution in [0.1, 0.15) is 38.4 Å². The third-order valence-corrected chi connectivity index (χ3v) is 6.53. The van der Waals surface area contributed by atoms with E-state index < -0.39 is 0 Å². The van der Waals surface area contributed by atoms with E-state index in [9.17, 15) is 14.8 Å². The molecule has 2 saturated heterocycles. The van der Waals surface area contributed by atoms with Crippen molar-refractivity contribution in [1.82, 2.24) is 15.1 Å². The molecule has 31 heavy (non-hydrogen) atoms. The Hall–Kier alpha value is -2.93. The SMILES string of the molecule is Cc1cc[n+]([O-])c(C)c1C(=O)N1CC2CN(CCCNC(=O)c3cc[c]cc3)CC2C1. The summed E-state index contributed by atoms with van der Waals surface area (Å²) in [7, 11) is 0. The Morgan fingerprint density at radius 3 is 2.48 bits per heavy atom. The number of nitrogens with zero attached hydrogens (tertiary/aromatic N) is 3. The molecule has 1 aromatic carbocycles.